The van der Waals surface area contributed by atoms with E-state index in [1.165, 1.54) is 31.4 Å². The van der Waals surface area contributed by atoms with E-state index in [-0.39, 0.29) is 24.3 Å². The Bertz CT molecular complexity index is 1070. The monoisotopic (exact) mass is 369 g/mol. The van der Waals surface area contributed by atoms with Crippen molar-refractivity contribution in [3.63, 3.8) is 0 Å². The summed E-state index contributed by atoms with van der Waals surface area (Å²) in [4.78, 5) is 34.3. The van der Waals surface area contributed by atoms with Gasteiger partial charge in [0.2, 0.25) is 0 Å². The molecule has 0 amide bonds. The molecule has 0 aliphatic rings. The van der Waals surface area contributed by atoms with Gasteiger partial charge >= 0.3 is 11.6 Å². The average molecular weight is 369 g/mol. The standard InChI is InChI=1S/C19H15NO7/c1-25-14-6-7-15-13(9-19(22)27-17(15)10-14)11-26-18(21)8-12-4-2-3-5-16(12)20(23)24/h2-7,9-10H,8,11H2,1H3. The van der Waals surface area contributed by atoms with Crippen LogP contribution in [0.25, 0.3) is 11.0 Å². The zero-order chi connectivity index (χ0) is 19.4. The molecule has 8 nitrogen and oxygen atoms in total. The zero-order valence-electron chi connectivity index (χ0n) is 14.3. The zero-order valence-corrected chi connectivity index (χ0v) is 14.3. The van der Waals surface area contributed by atoms with Gasteiger partial charge in [0, 0.05) is 34.7 Å². The molecule has 3 rings (SSSR count). The Morgan fingerprint density at radius 2 is 1.93 bits per heavy atom. The van der Waals surface area contributed by atoms with Crippen molar-refractivity contribution in [2.75, 3.05) is 7.11 Å². The Morgan fingerprint density at radius 1 is 1.15 bits per heavy atom. The van der Waals surface area contributed by atoms with Gasteiger partial charge < -0.3 is 13.9 Å². The molecule has 0 bridgehead atoms. The Morgan fingerprint density at radius 3 is 2.67 bits per heavy atom. The molecule has 0 N–H and O–H groups in total. The molecule has 0 saturated heterocycles. The molecule has 1 aromatic heterocycles. The molecule has 0 aliphatic heterocycles. The molecule has 3 aromatic rings. The van der Waals surface area contributed by atoms with E-state index in [2.05, 4.69) is 0 Å². The molecule has 0 spiro atoms. The number of hydrogen-bond acceptors (Lipinski definition) is 7. The van der Waals surface area contributed by atoms with E-state index >= 15 is 0 Å². The van der Waals surface area contributed by atoms with Crippen LogP contribution in [-0.2, 0) is 22.6 Å². The van der Waals surface area contributed by atoms with Gasteiger partial charge in [-0.2, -0.15) is 0 Å². The van der Waals surface area contributed by atoms with E-state index < -0.39 is 16.5 Å². The predicted molar refractivity (Wildman–Crippen MR) is 95.6 cm³/mol. The molecule has 0 atom stereocenters. The summed E-state index contributed by atoms with van der Waals surface area (Å²) in [6, 6.07) is 12.2. The van der Waals surface area contributed by atoms with Gasteiger partial charge in [0.15, 0.2) is 0 Å². The van der Waals surface area contributed by atoms with Gasteiger partial charge in [0.25, 0.3) is 5.69 Å². The summed E-state index contributed by atoms with van der Waals surface area (Å²) in [5.74, 6) is -0.115. The normalized spacial score (nSPS) is 10.6. The fraction of sp³-hybridized carbons (Fsp3) is 0.158. The van der Waals surface area contributed by atoms with E-state index in [1.54, 1.807) is 24.3 Å². The molecular formula is C19H15NO7. The maximum absolute atomic E-state index is 12.1. The van der Waals surface area contributed by atoms with Crippen LogP contribution in [0.5, 0.6) is 5.75 Å². The van der Waals surface area contributed by atoms with E-state index in [0.29, 0.717) is 22.3 Å². The Kier molecular flexibility index (Phi) is 5.16. The van der Waals surface area contributed by atoms with Crippen molar-refractivity contribution in [2.45, 2.75) is 13.0 Å². The van der Waals surface area contributed by atoms with Crippen LogP contribution in [-0.4, -0.2) is 18.0 Å². The van der Waals surface area contributed by atoms with Gasteiger partial charge in [0.1, 0.15) is 17.9 Å². The number of fused-ring (bicyclic) bond motifs is 1. The lowest BCUT2D eigenvalue weighted by atomic mass is 10.1. The number of rotatable bonds is 6. The smallest absolute Gasteiger partial charge is 0.336 e. The summed E-state index contributed by atoms with van der Waals surface area (Å²) in [7, 11) is 1.49. The number of nitro benzene ring substituents is 1. The lowest BCUT2D eigenvalue weighted by molar-refractivity contribution is -0.385. The van der Waals surface area contributed by atoms with Crippen LogP contribution in [0.15, 0.2) is 57.7 Å². The minimum Gasteiger partial charge on any atom is -0.497 e. The minimum absolute atomic E-state index is 0.146. The van der Waals surface area contributed by atoms with Crippen molar-refractivity contribution in [1.29, 1.82) is 0 Å². The number of para-hydroxylation sites is 1. The van der Waals surface area contributed by atoms with Crippen molar-refractivity contribution in [2.24, 2.45) is 0 Å². The first kappa shape index (κ1) is 18.1. The maximum atomic E-state index is 12.1. The molecule has 0 aliphatic carbocycles. The highest BCUT2D eigenvalue weighted by Gasteiger charge is 2.17. The molecule has 2 aromatic carbocycles. The molecule has 138 valence electrons. The third-order valence-corrected chi connectivity index (χ3v) is 3.95. The third kappa shape index (κ3) is 4.12. The number of hydrogen-bond donors (Lipinski definition) is 0. The molecule has 0 saturated carbocycles. The molecular weight excluding hydrogens is 354 g/mol. The minimum atomic E-state index is -0.640. The number of carbonyl (C=O) groups is 1. The highest BCUT2D eigenvalue weighted by Crippen LogP contribution is 2.23. The van der Waals surface area contributed by atoms with Gasteiger partial charge in [0.05, 0.1) is 18.5 Å². The number of benzene rings is 2. The van der Waals surface area contributed by atoms with Crippen LogP contribution in [0.1, 0.15) is 11.1 Å². The second-order valence-electron chi connectivity index (χ2n) is 5.68. The van der Waals surface area contributed by atoms with Crippen molar-refractivity contribution in [3.05, 3.63) is 80.2 Å². The van der Waals surface area contributed by atoms with Crippen LogP contribution >= 0.6 is 0 Å². The third-order valence-electron chi connectivity index (χ3n) is 3.95. The second kappa shape index (κ2) is 7.69. The molecule has 0 radical (unpaired) electrons. The number of methoxy groups -OCH3 is 1. The Hall–Kier alpha value is -3.68. The maximum Gasteiger partial charge on any atom is 0.336 e. The van der Waals surface area contributed by atoms with Crippen LogP contribution in [0.4, 0.5) is 5.69 Å². The second-order valence-corrected chi connectivity index (χ2v) is 5.68. The molecule has 8 heteroatoms. The van der Waals surface area contributed by atoms with Gasteiger partial charge in [-0.3, -0.25) is 14.9 Å². The number of esters is 1. The fourth-order valence-electron chi connectivity index (χ4n) is 2.66. The van der Waals surface area contributed by atoms with Crippen LogP contribution < -0.4 is 10.4 Å². The molecule has 1 heterocycles. The summed E-state index contributed by atoms with van der Waals surface area (Å²) >= 11 is 0. The average Bonchev–Trinajstić information content (AvgIpc) is 2.65. The first-order chi connectivity index (χ1) is 13.0. The summed E-state index contributed by atoms with van der Waals surface area (Å²) in [6.45, 7) is -0.159. The highest BCUT2D eigenvalue weighted by atomic mass is 16.6. The topological polar surface area (TPSA) is 109 Å². The number of nitro groups is 1. The quantitative estimate of drug-likeness (QED) is 0.284. The molecule has 27 heavy (non-hydrogen) atoms. The summed E-state index contributed by atoms with van der Waals surface area (Å²) in [5.41, 5.74) is 0.314. The lowest BCUT2D eigenvalue weighted by Crippen LogP contribution is -2.11. The van der Waals surface area contributed by atoms with Crippen molar-refractivity contribution >= 4 is 22.6 Å². The van der Waals surface area contributed by atoms with Gasteiger partial charge in [-0.15, -0.1) is 0 Å². The lowest BCUT2D eigenvalue weighted by Gasteiger charge is -2.08. The first-order valence-corrected chi connectivity index (χ1v) is 7.96. The Balaban J connectivity index is 1.78. The summed E-state index contributed by atoms with van der Waals surface area (Å²) < 4.78 is 15.4. The number of carbonyl (C=O) groups excluding carboxylic acids is 1. The van der Waals surface area contributed by atoms with Crippen molar-refractivity contribution in [1.82, 2.24) is 0 Å². The van der Waals surface area contributed by atoms with Gasteiger partial charge in [-0.05, 0) is 12.1 Å². The summed E-state index contributed by atoms with van der Waals surface area (Å²) in [6.07, 6.45) is -0.246. The Labute approximate surface area is 153 Å². The van der Waals surface area contributed by atoms with Crippen molar-refractivity contribution < 1.29 is 23.6 Å². The first-order valence-electron chi connectivity index (χ1n) is 7.96. The predicted octanol–water partition coefficient (Wildman–Crippen LogP) is 3.00. The van der Waals surface area contributed by atoms with Gasteiger partial charge in [-0.1, -0.05) is 18.2 Å². The largest absolute Gasteiger partial charge is 0.497 e. The fourth-order valence-corrected chi connectivity index (χ4v) is 2.66. The van der Waals surface area contributed by atoms with Crippen molar-refractivity contribution in [3.8, 4) is 5.75 Å². The van der Waals surface area contributed by atoms with Gasteiger partial charge in [-0.25, -0.2) is 4.79 Å². The van der Waals surface area contributed by atoms with Crippen LogP contribution in [0.3, 0.4) is 0 Å². The number of nitrogens with zero attached hydrogens (tertiary/aromatic N) is 1. The highest BCUT2D eigenvalue weighted by molar-refractivity contribution is 5.82. The molecule has 0 unspecified atom stereocenters. The van der Waals surface area contributed by atoms with E-state index in [9.17, 15) is 19.7 Å². The van der Waals surface area contributed by atoms with Crippen LogP contribution in [0, 0.1) is 10.1 Å². The van der Waals surface area contributed by atoms with E-state index in [0.717, 1.165) is 0 Å². The number of ether oxygens (including phenoxy) is 2. The van der Waals surface area contributed by atoms with Crippen LogP contribution in [0.2, 0.25) is 0 Å². The van der Waals surface area contributed by atoms with E-state index in [1.807, 2.05) is 0 Å². The molecule has 0 fully saturated rings. The summed E-state index contributed by atoms with van der Waals surface area (Å²) in [5, 5.41) is 11.6. The SMILES string of the molecule is COc1ccc2c(COC(=O)Cc3ccccc3[N+](=O)[O-])cc(=O)oc2c1. The van der Waals surface area contributed by atoms with E-state index in [4.69, 9.17) is 13.9 Å².